The molecule has 1 amide bonds. The van der Waals surface area contributed by atoms with Gasteiger partial charge in [-0.1, -0.05) is 44.2 Å². The highest BCUT2D eigenvalue weighted by Gasteiger charge is 2.17. The van der Waals surface area contributed by atoms with Gasteiger partial charge in [0.05, 0.1) is 0 Å². The number of rotatable bonds is 4. The second-order valence-electron chi connectivity index (χ2n) is 5.61. The van der Waals surface area contributed by atoms with E-state index in [1.807, 2.05) is 56.3 Å². The van der Waals surface area contributed by atoms with Crippen LogP contribution in [0, 0.1) is 5.41 Å². The molecule has 0 radical (unpaired) electrons. The summed E-state index contributed by atoms with van der Waals surface area (Å²) in [5.74, 6) is -0.0488. The van der Waals surface area contributed by atoms with E-state index in [4.69, 9.17) is 5.73 Å². The first kappa shape index (κ1) is 13.6. The molecule has 0 spiro atoms. The molecule has 3 nitrogen and oxygen atoms in total. The molecule has 0 atom stereocenters. The maximum atomic E-state index is 12.1. The summed E-state index contributed by atoms with van der Waals surface area (Å²) >= 11 is 0. The van der Waals surface area contributed by atoms with Crippen molar-refractivity contribution in [1.82, 2.24) is 5.32 Å². The van der Waals surface area contributed by atoms with Crippen LogP contribution in [0.1, 0.15) is 24.2 Å². The van der Waals surface area contributed by atoms with Gasteiger partial charge in [0, 0.05) is 12.1 Å². The molecule has 0 heterocycles. The summed E-state index contributed by atoms with van der Waals surface area (Å²) in [5.41, 5.74) is 6.26. The Morgan fingerprint density at radius 2 is 1.84 bits per heavy atom. The Kier molecular flexibility index (Phi) is 3.86. The van der Waals surface area contributed by atoms with Gasteiger partial charge in [0.25, 0.3) is 5.91 Å². The molecule has 2 aromatic rings. The third-order valence-electron chi connectivity index (χ3n) is 3.29. The maximum Gasteiger partial charge on any atom is 0.251 e. The standard InChI is InChI=1S/C16H20N2O/c1-16(2,10-17)11-18-15(19)14-8-7-12-5-3-4-6-13(12)9-14/h3-9H,10-11,17H2,1-2H3,(H,18,19). The van der Waals surface area contributed by atoms with Crippen LogP contribution in [0.25, 0.3) is 10.8 Å². The Morgan fingerprint density at radius 1 is 1.16 bits per heavy atom. The highest BCUT2D eigenvalue weighted by molar-refractivity contribution is 5.98. The van der Waals surface area contributed by atoms with E-state index in [1.54, 1.807) is 0 Å². The lowest BCUT2D eigenvalue weighted by Gasteiger charge is -2.22. The molecule has 0 bridgehead atoms. The van der Waals surface area contributed by atoms with E-state index in [2.05, 4.69) is 5.32 Å². The largest absolute Gasteiger partial charge is 0.351 e. The van der Waals surface area contributed by atoms with E-state index in [-0.39, 0.29) is 11.3 Å². The van der Waals surface area contributed by atoms with Crippen molar-refractivity contribution in [3.05, 3.63) is 48.0 Å². The number of hydrogen-bond acceptors (Lipinski definition) is 2. The van der Waals surface area contributed by atoms with Crippen molar-refractivity contribution >= 4 is 16.7 Å². The summed E-state index contributed by atoms with van der Waals surface area (Å²) in [6.07, 6.45) is 0. The summed E-state index contributed by atoms with van der Waals surface area (Å²) in [6.45, 7) is 5.20. The average molecular weight is 256 g/mol. The first-order valence-corrected chi connectivity index (χ1v) is 6.49. The van der Waals surface area contributed by atoms with Crippen LogP contribution in [0.4, 0.5) is 0 Å². The number of benzene rings is 2. The van der Waals surface area contributed by atoms with E-state index < -0.39 is 0 Å². The molecule has 3 heteroatoms. The molecule has 0 aliphatic rings. The number of nitrogens with two attached hydrogens (primary N) is 1. The van der Waals surface area contributed by atoms with Gasteiger partial charge in [-0.15, -0.1) is 0 Å². The van der Waals surface area contributed by atoms with Gasteiger partial charge in [-0.25, -0.2) is 0 Å². The second kappa shape index (κ2) is 5.41. The average Bonchev–Trinajstić information content (AvgIpc) is 2.44. The lowest BCUT2D eigenvalue weighted by atomic mass is 9.94. The zero-order valence-electron chi connectivity index (χ0n) is 11.4. The van der Waals surface area contributed by atoms with Gasteiger partial charge in [0.2, 0.25) is 0 Å². The molecule has 100 valence electrons. The molecule has 19 heavy (non-hydrogen) atoms. The molecular formula is C16H20N2O. The SMILES string of the molecule is CC(C)(CN)CNC(=O)c1ccc2ccccc2c1. The fourth-order valence-electron chi connectivity index (χ4n) is 1.82. The van der Waals surface area contributed by atoms with E-state index in [9.17, 15) is 4.79 Å². The number of amides is 1. The second-order valence-corrected chi connectivity index (χ2v) is 5.61. The quantitative estimate of drug-likeness (QED) is 0.883. The van der Waals surface area contributed by atoms with Gasteiger partial charge < -0.3 is 11.1 Å². The zero-order chi connectivity index (χ0) is 13.9. The molecular weight excluding hydrogens is 236 g/mol. The van der Waals surface area contributed by atoms with Crippen molar-refractivity contribution in [2.24, 2.45) is 11.1 Å². The van der Waals surface area contributed by atoms with Crippen LogP contribution in [-0.4, -0.2) is 19.0 Å². The van der Waals surface area contributed by atoms with Crippen molar-refractivity contribution in [2.75, 3.05) is 13.1 Å². The van der Waals surface area contributed by atoms with Crippen LogP contribution in [0.2, 0.25) is 0 Å². The Labute approximate surface area is 113 Å². The fourth-order valence-corrected chi connectivity index (χ4v) is 1.82. The zero-order valence-corrected chi connectivity index (χ0v) is 11.4. The van der Waals surface area contributed by atoms with Gasteiger partial charge in [-0.3, -0.25) is 4.79 Å². The van der Waals surface area contributed by atoms with E-state index in [1.165, 1.54) is 0 Å². The third-order valence-corrected chi connectivity index (χ3v) is 3.29. The summed E-state index contributed by atoms with van der Waals surface area (Å²) in [6, 6.07) is 13.8. The molecule has 2 rings (SSSR count). The van der Waals surface area contributed by atoms with Crippen LogP contribution in [-0.2, 0) is 0 Å². The van der Waals surface area contributed by atoms with Crippen molar-refractivity contribution in [3.8, 4) is 0 Å². The number of nitrogens with one attached hydrogen (secondary N) is 1. The summed E-state index contributed by atoms with van der Waals surface area (Å²) in [5, 5.41) is 5.15. The van der Waals surface area contributed by atoms with Crippen LogP contribution >= 0.6 is 0 Å². The Hall–Kier alpha value is -1.87. The van der Waals surface area contributed by atoms with Crippen molar-refractivity contribution in [2.45, 2.75) is 13.8 Å². The fraction of sp³-hybridized carbons (Fsp3) is 0.312. The molecule has 0 saturated heterocycles. The monoisotopic (exact) mass is 256 g/mol. The molecule has 0 unspecified atom stereocenters. The van der Waals surface area contributed by atoms with E-state index >= 15 is 0 Å². The molecule has 0 saturated carbocycles. The van der Waals surface area contributed by atoms with Gasteiger partial charge in [0.15, 0.2) is 0 Å². The minimum atomic E-state index is -0.0769. The number of carbonyl (C=O) groups excluding carboxylic acids is 1. The topological polar surface area (TPSA) is 55.1 Å². The van der Waals surface area contributed by atoms with Crippen LogP contribution in [0.5, 0.6) is 0 Å². The summed E-state index contributed by atoms with van der Waals surface area (Å²) < 4.78 is 0. The predicted octanol–water partition coefficient (Wildman–Crippen LogP) is 2.55. The summed E-state index contributed by atoms with van der Waals surface area (Å²) in [4.78, 5) is 12.1. The number of hydrogen-bond donors (Lipinski definition) is 2. The first-order valence-electron chi connectivity index (χ1n) is 6.49. The molecule has 0 aromatic heterocycles. The minimum absolute atomic E-state index is 0.0488. The van der Waals surface area contributed by atoms with Crippen molar-refractivity contribution in [1.29, 1.82) is 0 Å². The van der Waals surface area contributed by atoms with E-state index in [0.717, 1.165) is 10.8 Å². The first-order chi connectivity index (χ1) is 9.02. The highest BCUT2D eigenvalue weighted by Crippen LogP contribution is 2.16. The van der Waals surface area contributed by atoms with Gasteiger partial charge >= 0.3 is 0 Å². The Bertz CT molecular complexity index is 590. The predicted molar refractivity (Wildman–Crippen MR) is 79.1 cm³/mol. The lowest BCUT2D eigenvalue weighted by molar-refractivity contribution is 0.0938. The Morgan fingerprint density at radius 3 is 2.53 bits per heavy atom. The van der Waals surface area contributed by atoms with Crippen molar-refractivity contribution < 1.29 is 4.79 Å². The van der Waals surface area contributed by atoms with Gasteiger partial charge in [-0.2, -0.15) is 0 Å². The van der Waals surface area contributed by atoms with Gasteiger partial charge in [-0.05, 0) is 34.9 Å². The lowest BCUT2D eigenvalue weighted by Crippen LogP contribution is -2.38. The third kappa shape index (κ3) is 3.32. The number of fused-ring (bicyclic) bond motifs is 1. The molecule has 3 N–H and O–H groups in total. The normalized spacial score (nSPS) is 11.5. The minimum Gasteiger partial charge on any atom is -0.351 e. The Balaban J connectivity index is 2.13. The maximum absolute atomic E-state index is 12.1. The van der Waals surface area contributed by atoms with Gasteiger partial charge in [0.1, 0.15) is 0 Å². The molecule has 2 aromatic carbocycles. The molecule has 0 aliphatic carbocycles. The van der Waals surface area contributed by atoms with Crippen molar-refractivity contribution in [3.63, 3.8) is 0 Å². The van der Waals surface area contributed by atoms with Crippen LogP contribution in [0.15, 0.2) is 42.5 Å². The molecule has 0 aliphatic heterocycles. The van der Waals surface area contributed by atoms with Crippen LogP contribution < -0.4 is 11.1 Å². The molecule has 0 fully saturated rings. The van der Waals surface area contributed by atoms with E-state index in [0.29, 0.717) is 18.7 Å². The highest BCUT2D eigenvalue weighted by atomic mass is 16.1. The van der Waals surface area contributed by atoms with Crippen LogP contribution in [0.3, 0.4) is 0 Å². The number of carbonyl (C=O) groups is 1. The smallest absolute Gasteiger partial charge is 0.251 e. The summed E-state index contributed by atoms with van der Waals surface area (Å²) in [7, 11) is 0.